The van der Waals surface area contributed by atoms with Crippen LogP contribution >= 0.6 is 23.4 Å². The smallest absolute Gasteiger partial charge is 0.124 e. The lowest BCUT2D eigenvalue weighted by atomic mass is 10.2. The molecule has 0 aliphatic carbocycles. The highest BCUT2D eigenvalue weighted by Crippen LogP contribution is 2.27. The molecule has 1 saturated heterocycles. The number of thioether (sulfide) groups is 1. The molecule has 3 nitrogen and oxygen atoms in total. The van der Waals surface area contributed by atoms with E-state index in [9.17, 15) is 0 Å². The first-order chi connectivity index (χ1) is 8.16. The Morgan fingerprint density at radius 3 is 3.00 bits per heavy atom. The fourth-order valence-corrected chi connectivity index (χ4v) is 3.12. The third-order valence-electron chi connectivity index (χ3n) is 2.69. The van der Waals surface area contributed by atoms with Crippen LogP contribution in [0, 0.1) is 5.41 Å². The van der Waals surface area contributed by atoms with Crippen molar-refractivity contribution in [3.05, 3.63) is 28.8 Å². The van der Waals surface area contributed by atoms with Gasteiger partial charge in [-0.05, 0) is 31.0 Å². The molecule has 0 saturated carbocycles. The van der Waals surface area contributed by atoms with Crippen LogP contribution in [0.1, 0.15) is 18.4 Å². The van der Waals surface area contributed by atoms with Crippen molar-refractivity contribution in [2.45, 2.75) is 23.8 Å². The van der Waals surface area contributed by atoms with Crippen molar-refractivity contribution in [1.82, 2.24) is 0 Å². The van der Waals surface area contributed by atoms with Gasteiger partial charge in [0.2, 0.25) is 0 Å². The number of hydrogen-bond acceptors (Lipinski definition) is 3. The van der Waals surface area contributed by atoms with Crippen molar-refractivity contribution in [2.24, 2.45) is 5.73 Å². The molecule has 1 unspecified atom stereocenters. The van der Waals surface area contributed by atoms with Gasteiger partial charge in [0.1, 0.15) is 5.84 Å². The van der Waals surface area contributed by atoms with Gasteiger partial charge in [-0.25, -0.2) is 0 Å². The maximum Gasteiger partial charge on any atom is 0.124 e. The van der Waals surface area contributed by atoms with Crippen LogP contribution in [0.15, 0.2) is 23.1 Å². The molecule has 0 spiro atoms. The number of rotatable bonds is 4. The average molecular weight is 271 g/mol. The van der Waals surface area contributed by atoms with E-state index in [-0.39, 0.29) is 5.84 Å². The second-order valence-corrected chi connectivity index (χ2v) is 5.50. The minimum absolute atomic E-state index is 0.00526. The molecule has 0 bridgehead atoms. The van der Waals surface area contributed by atoms with E-state index < -0.39 is 0 Å². The van der Waals surface area contributed by atoms with E-state index in [2.05, 4.69) is 0 Å². The lowest BCUT2D eigenvalue weighted by Gasteiger charge is -2.09. The molecule has 0 aromatic heterocycles. The maximum absolute atomic E-state index is 7.35. The number of hydrogen-bond donors (Lipinski definition) is 2. The van der Waals surface area contributed by atoms with Gasteiger partial charge in [-0.2, -0.15) is 0 Å². The molecule has 0 radical (unpaired) electrons. The van der Waals surface area contributed by atoms with Gasteiger partial charge >= 0.3 is 0 Å². The van der Waals surface area contributed by atoms with Crippen LogP contribution in [-0.2, 0) is 4.74 Å². The number of ether oxygens (including phenoxy) is 1. The lowest BCUT2D eigenvalue weighted by molar-refractivity contribution is 0.129. The number of amidine groups is 1. The molecule has 1 aromatic rings. The summed E-state index contributed by atoms with van der Waals surface area (Å²) in [6.45, 7) is 0.884. The number of nitrogens with two attached hydrogens (primary N) is 1. The van der Waals surface area contributed by atoms with Gasteiger partial charge in [0, 0.05) is 22.8 Å². The summed E-state index contributed by atoms with van der Waals surface area (Å²) in [5.74, 6) is 0.959. The van der Waals surface area contributed by atoms with Gasteiger partial charge in [-0.15, -0.1) is 11.8 Å². The molecule has 5 heteroatoms. The Morgan fingerprint density at radius 1 is 1.59 bits per heavy atom. The van der Waals surface area contributed by atoms with Gasteiger partial charge in [-0.3, -0.25) is 5.41 Å². The molecule has 1 atom stereocenters. The van der Waals surface area contributed by atoms with Crippen molar-refractivity contribution in [2.75, 3.05) is 12.4 Å². The molecular weight excluding hydrogens is 256 g/mol. The number of nitrogen functional groups attached to an aromatic ring is 1. The van der Waals surface area contributed by atoms with Gasteiger partial charge in [0.15, 0.2) is 0 Å². The summed E-state index contributed by atoms with van der Waals surface area (Å²) in [6, 6.07) is 5.60. The van der Waals surface area contributed by atoms with Crippen molar-refractivity contribution < 1.29 is 4.74 Å². The summed E-state index contributed by atoms with van der Waals surface area (Å²) >= 11 is 7.79. The molecule has 1 heterocycles. The van der Waals surface area contributed by atoms with Crippen molar-refractivity contribution in [1.29, 1.82) is 5.41 Å². The summed E-state index contributed by atoms with van der Waals surface area (Å²) in [4.78, 5) is 1.09. The Balaban J connectivity index is 1.97. The first-order valence-electron chi connectivity index (χ1n) is 5.55. The van der Waals surface area contributed by atoms with E-state index in [1.54, 1.807) is 17.8 Å². The molecule has 0 amide bonds. The van der Waals surface area contributed by atoms with Crippen LogP contribution < -0.4 is 5.73 Å². The Bertz CT molecular complexity index is 419. The largest absolute Gasteiger partial charge is 0.384 e. The molecule has 2 rings (SSSR count). The van der Waals surface area contributed by atoms with Crippen LogP contribution in [-0.4, -0.2) is 24.3 Å². The lowest BCUT2D eigenvalue weighted by Crippen LogP contribution is -2.11. The first-order valence-corrected chi connectivity index (χ1v) is 6.91. The Labute approximate surface area is 110 Å². The minimum Gasteiger partial charge on any atom is -0.384 e. The predicted octanol–water partition coefficient (Wildman–Crippen LogP) is 2.90. The quantitative estimate of drug-likeness (QED) is 0.502. The topological polar surface area (TPSA) is 59.1 Å². The fourth-order valence-electron chi connectivity index (χ4n) is 1.77. The van der Waals surface area contributed by atoms with E-state index in [0.29, 0.717) is 16.7 Å². The summed E-state index contributed by atoms with van der Waals surface area (Å²) in [7, 11) is 0. The minimum atomic E-state index is 0.00526. The van der Waals surface area contributed by atoms with Crippen LogP contribution in [0.2, 0.25) is 5.02 Å². The summed E-state index contributed by atoms with van der Waals surface area (Å²) in [5.41, 5.74) is 6.00. The number of halogens is 1. The number of benzene rings is 1. The average Bonchev–Trinajstić information content (AvgIpc) is 2.78. The molecule has 3 N–H and O–H groups in total. The van der Waals surface area contributed by atoms with Crippen molar-refractivity contribution in [3.8, 4) is 0 Å². The molecular formula is C12H15ClN2OS. The Kier molecular flexibility index (Phi) is 4.31. The van der Waals surface area contributed by atoms with Crippen LogP contribution in [0.25, 0.3) is 0 Å². The second-order valence-electron chi connectivity index (χ2n) is 4.00. The van der Waals surface area contributed by atoms with Gasteiger partial charge in [0.25, 0.3) is 0 Å². The van der Waals surface area contributed by atoms with Gasteiger partial charge < -0.3 is 10.5 Å². The van der Waals surface area contributed by atoms with E-state index >= 15 is 0 Å². The molecule has 1 aliphatic heterocycles. The highest BCUT2D eigenvalue weighted by atomic mass is 35.5. The van der Waals surface area contributed by atoms with E-state index in [1.165, 1.54) is 0 Å². The number of nitrogens with one attached hydrogen (secondary N) is 1. The fraction of sp³-hybridized carbons (Fsp3) is 0.417. The summed E-state index contributed by atoms with van der Waals surface area (Å²) < 4.78 is 5.56. The first kappa shape index (κ1) is 12.7. The van der Waals surface area contributed by atoms with Crippen LogP contribution in [0.5, 0.6) is 0 Å². The summed E-state index contributed by atoms with van der Waals surface area (Å²) in [5, 5.41) is 7.89. The van der Waals surface area contributed by atoms with Crippen LogP contribution in [0.3, 0.4) is 0 Å². The zero-order valence-corrected chi connectivity index (χ0v) is 11.0. The normalized spacial score (nSPS) is 19.5. The standard InChI is InChI=1S/C12H15ClN2OS/c13-11-6-9(3-4-10(11)12(14)15)17-7-8-2-1-5-16-8/h3-4,6,8H,1-2,5,7H2,(H3,14,15). The highest BCUT2D eigenvalue weighted by Gasteiger charge is 2.15. The highest BCUT2D eigenvalue weighted by molar-refractivity contribution is 7.99. The molecule has 17 heavy (non-hydrogen) atoms. The maximum atomic E-state index is 7.35. The zero-order valence-electron chi connectivity index (χ0n) is 9.41. The van der Waals surface area contributed by atoms with Crippen LogP contribution in [0.4, 0.5) is 0 Å². The Morgan fingerprint density at radius 2 is 2.41 bits per heavy atom. The monoisotopic (exact) mass is 270 g/mol. The SMILES string of the molecule is N=C(N)c1ccc(SCC2CCCO2)cc1Cl. The third kappa shape index (κ3) is 3.37. The molecule has 1 aromatic carbocycles. The zero-order chi connectivity index (χ0) is 12.3. The summed E-state index contributed by atoms with van der Waals surface area (Å²) in [6.07, 6.45) is 2.67. The molecule has 1 aliphatic rings. The molecule has 1 fully saturated rings. The van der Waals surface area contributed by atoms with Crippen molar-refractivity contribution >= 4 is 29.2 Å². The van der Waals surface area contributed by atoms with Crippen molar-refractivity contribution in [3.63, 3.8) is 0 Å². The molecule has 92 valence electrons. The van der Waals surface area contributed by atoms with Gasteiger partial charge in [0.05, 0.1) is 11.1 Å². The predicted molar refractivity (Wildman–Crippen MR) is 72.2 cm³/mol. The van der Waals surface area contributed by atoms with E-state index in [1.807, 2.05) is 12.1 Å². The Hall–Kier alpha value is -0.710. The van der Waals surface area contributed by atoms with E-state index in [0.717, 1.165) is 30.1 Å². The third-order valence-corrected chi connectivity index (χ3v) is 4.13. The van der Waals surface area contributed by atoms with Gasteiger partial charge in [-0.1, -0.05) is 11.6 Å². The second kappa shape index (κ2) is 5.76. The van der Waals surface area contributed by atoms with E-state index in [4.69, 9.17) is 27.5 Å².